The quantitative estimate of drug-likeness (QED) is 0.195. The summed E-state index contributed by atoms with van der Waals surface area (Å²) in [5, 5.41) is 0.596. The van der Waals surface area contributed by atoms with Gasteiger partial charge in [0, 0.05) is 0 Å². The SMILES string of the molecule is C[Si-]1([OH2+])(CCl)C[n+]2c(Cl)cccc2O1.[Cl-]. The van der Waals surface area contributed by atoms with Crippen molar-refractivity contribution in [3.05, 3.63) is 23.4 Å². The molecule has 2 rings (SSSR count). The average Bonchev–Trinajstić information content (AvgIpc) is 2.40. The molecule has 1 aromatic rings. The summed E-state index contributed by atoms with van der Waals surface area (Å²) in [7, 11) is -3.22. The Bertz CT molecular complexity index is 399. The Morgan fingerprint density at radius 2 is 2.27 bits per heavy atom. The van der Waals surface area contributed by atoms with Crippen LogP contribution in [-0.4, -0.2) is 18.1 Å². The first-order valence-corrected chi connectivity index (χ1v) is 8.56. The maximum absolute atomic E-state index is 8.28. The molecule has 3 nitrogen and oxygen atoms in total. The van der Waals surface area contributed by atoms with E-state index >= 15 is 0 Å². The van der Waals surface area contributed by atoms with E-state index in [1.807, 2.05) is 23.2 Å². The Kier molecular flexibility index (Phi) is 3.30. The zero-order valence-corrected chi connectivity index (χ0v) is 11.4. The fraction of sp³-hybridized carbons (Fsp3) is 0.375. The van der Waals surface area contributed by atoms with Crippen molar-refractivity contribution in [2.75, 3.05) is 5.50 Å². The van der Waals surface area contributed by atoms with Crippen LogP contribution in [0, 0.1) is 0 Å². The van der Waals surface area contributed by atoms with Crippen LogP contribution in [0.15, 0.2) is 18.2 Å². The van der Waals surface area contributed by atoms with Gasteiger partial charge in [-0.1, -0.05) is 0 Å². The second-order valence-electron chi connectivity index (χ2n) is 4.16. The van der Waals surface area contributed by atoms with Gasteiger partial charge in [-0.25, -0.2) is 0 Å². The summed E-state index contributed by atoms with van der Waals surface area (Å²) < 4.78 is 7.49. The minimum Gasteiger partial charge on any atom is -1.00 e. The first-order valence-electron chi connectivity index (χ1n) is 4.33. The minimum atomic E-state index is -3.22. The van der Waals surface area contributed by atoms with Crippen molar-refractivity contribution >= 4 is 31.0 Å². The number of pyridine rings is 1. The van der Waals surface area contributed by atoms with E-state index in [0.29, 0.717) is 17.2 Å². The van der Waals surface area contributed by atoms with Gasteiger partial charge in [0.1, 0.15) is 0 Å². The molecule has 0 bridgehead atoms. The third-order valence-electron chi connectivity index (χ3n) is 2.32. The van der Waals surface area contributed by atoms with Crippen molar-refractivity contribution in [1.82, 2.24) is 0 Å². The minimum absolute atomic E-state index is 0. The van der Waals surface area contributed by atoms with Gasteiger partial charge in [0.15, 0.2) is 0 Å². The van der Waals surface area contributed by atoms with Crippen LogP contribution in [-0.2, 0) is 6.17 Å². The number of nitrogens with zero attached hydrogens (tertiary/aromatic N) is 1. The van der Waals surface area contributed by atoms with Gasteiger partial charge in [0.05, 0.1) is 0 Å². The number of hydrogen-bond donors (Lipinski definition) is 0. The first kappa shape index (κ1) is 13.1. The van der Waals surface area contributed by atoms with Crippen LogP contribution in [0.2, 0.25) is 11.7 Å². The normalized spacial score (nSPS) is 22.8. The van der Waals surface area contributed by atoms with Gasteiger partial charge in [-0.2, -0.15) is 0 Å². The molecule has 0 unspecified atom stereocenters. The summed E-state index contributed by atoms with van der Waals surface area (Å²) in [6.07, 6.45) is 0.499. The van der Waals surface area contributed by atoms with Gasteiger partial charge in [0.2, 0.25) is 0 Å². The summed E-state index contributed by atoms with van der Waals surface area (Å²) in [5.41, 5.74) is 0.248. The van der Waals surface area contributed by atoms with E-state index in [9.17, 15) is 0 Å². The number of fused-ring (bicyclic) bond motifs is 1. The molecule has 0 saturated carbocycles. The smallest absolute Gasteiger partial charge is 1.00 e. The van der Waals surface area contributed by atoms with Gasteiger partial charge >= 0.3 is 92.3 Å². The summed E-state index contributed by atoms with van der Waals surface area (Å²) >= 11 is 11.8. The van der Waals surface area contributed by atoms with Crippen LogP contribution in [0.1, 0.15) is 0 Å². The summed E-state index contributed by atoms with van der Waals surface area (Å²) in [6, 6.07) is 5.42. The summed E-state index contributed by atoms with van der Waals surface area (Å²) in [4.78, 5) is 8.28. The van der Waals surface area contributed by atoms with Crippen molar-refractivity contribution in [2.45, 2.75) is 12.7 Å². The van der Waals surface area contributed by atoms with E-state index in [0.717, 1.165) is 0 Å². The molecule has 86 valence electrons. The Hall–Kier alpha value is -0.00312. The molecule has 15 heavy (non-hydrogen) atoms. The predicted molar refractivity (Wildman–Crippen MR) is 58.2 cm³/mol. The van der Waals surface area contributed by atoms with Gasteiger partial charge in [0.25, 0.3) is 0 Å². The Morgan fingerprint density at radius 1 is 1.60 bits per heavy atom. The van der Waals surface area contributed by atoms with E-state index in [1.54, 1.807) is 6.07 Å². The molecule has 0 atom stereocenters. The maximum Gasteiger partial charge on any atom is -1.00 e. The van der Waals surface area contributed by atoms with Crippen LogP contribution in [0.25, 0.3) is 0 Å². The summed E-state index contributed by atoms with van der Waals surface area (Å²) in [6.45, 7) is 1.82. The molecular formula is C8H12Cl3NO2Si. The third kappa shape index (κ3) is 2.24. The van der Waals surface area contributed by atoms with E-state index in [1.165, 1.54) is 0 Å². The fourth-order valence-corrected chi connectivity index (χ4v) is 4.44. The van der Waals surface area contributed by atoms with Crippen LogP contribution in [0.5, 0.6) is 5.88 Å². The molecule has 2 heterocycles. The molecule has 0 amide bonds. The van der Waals surface area contributed by atoms with Crippen LogP contribution < -0.4 is 21.4 Å². The largest absolute Gasteiger partial charge is 1.00 e. The van der Waals surface area contributed by atoms with Crippen molar-refractivity contribution < 1.29 is 26.2 Å². The number of rotatable bonds is 1. The second kappa shape index (κ2) is 3.78. The van der Waals surface area contributed by atoms with E-state index in [4.69, 9.17) is 32.4 Å². The molecule has 0 aliphatic carbocycles. The number of alkyl halides is 1. The predicted octanol–water partition coefficient (Wildman–Crippen LogP) is -1.91. The second-order valence-corrected chi connectivity index (χ2v) is 10.5. The van der Waals surface area contributed by atoms with Crippen molar-refractivity contribution in [1.29, 1.82) is 0 Å². The van der Waals surface area contributed by atoms with E-state index in [2.05, 4.69) is 0 Å². The summed E-state index contributed by atoms with van der Waals surface area (Å²) in [5.74, 6) is 0.656. The molecular weight excluding hydrogens is 277 g/mol. The van der Waals surface area contributed by atoms with Crippen LogP contribution in [0.4, 0.5) is 0 Å². The number of halogens is 3. The molecule has 0 aromatic carbocycles. The number of aromatic nitrogens is 1. The Balaban J connectivity index is 0.00000112. The van der Waals surface area contributed by atoms with Gasteiger partial charge < -0.3 is 12.4 Å². The van der Waals surface area contributed by atoms with Crippen LogP contribution >= 0.6 is 23.2 Å². The van der Waals surface area contributed by atoms with Crippen molar-refractivity contribution in [3.8, 4) is 5.88 Å². The fourth-order valence-electron chi connectivity index (χ4n) is 1.56. The maximum atomic E-state index is 8.28. The third-order valence-corrected chi connectivity index (χ3v) is 7.39. The molecule has 2 N–H and O–H groups in total. The topological polar surface area (TPSA) is 36.0 Å². The van der Waals surface area contributed by atoms with Gasteiger partial charge in [-0.05, 0) is 0 Å². The molecule has 1 aliphatic heterocycles. The van der Waals surface area contributed by atoms with Gasteiger partial charge in [-0.3, -0.25) is 0 Å². The number of hydrogen-bond acceptors (Lipinski definition) is 1. The van der Waals surface area contributed by atoms with E-state index < -0.39 is 7.84 Å². The molecule has 1 aliphatic rings. The molecule has 1 aromatic heterocycles. The van der Waals surface area contributed by atoms with Gasteiger partial charge in [-0.15, -0.1) is 0 Å². The molecule has 0 fully saturated rings. The first-order chi connectivity index (χ1) is 6.43. The Labute approximate surface area is 105 Å². The molecule has 0 radical (unpaired) electrons. The monoisotopic (exact) mass is 287 g/mol. The van der Waals surface area contributed by atoms with Crippen molar-refractivity contribution in [2.24, 2.45) is 0 Å². The van der Waals surface area contributed by atoms with Crippen LogP contribution in [0.3, 0.4) is 0 Å². The zero-order chi connectivity index (χ0) is 10.4. The molecule has 0 saturated heterocycles. The standard InChI is InChI=1S/C8H12Cl2NO2Si.ClH/c1-14(12,5-9)6-11-7(10)3-2-4-8(11)13-14;/h2-4H,5-6,12H2,1H3;1H/q+1;/p-1. The zero-order valence-electron chi connectivity index (χ0n) is 8.14. The molecule has 0 spiro atoms. The average molecular weight is 289 g/mol. The van der Waals surface area contributed by atoms with E-state index in [-0.39, 0.29) is 17.9 Å². The Morgan fingerprint density at radius 3 is 2.80 bits per heavy atom. The molecule has 7 heteroatoms. The van der Waals surface area contributed by atoms with Crippen molar-refractivity contribution in [3.63, 3.8) is 0 Å².